The standard InChI is InChI=1S/C17H23NO2.ClH/c1-18(2)12-15-6-4-5-14(17(15)19)11-13-7-9-16(20-3)10-8-13;/h7-11,15H,4-6,12H2,1-3H3;1H/b14-11+;. The SMILES string of the molecule is COc1ccc(/C=C2\CCCC(CN(C)C)C2=O)cc1.Cl. The Balaban J connectivity index is 0.00000220. The number of ether oxygens (including phenoxy) is 1. The zero-order chi connectivity index (χ0) is 14.5. The Morgan fingerprint density at radius 1 is 1.29 bits per heavy atom. The largest absolute Gasteiger partial charge is 0.497 e. The van der Waals surface area contributed by atoms with Crippen LogP contribution in [0.5, 0.6) is 5.75 Å². The summed E-state index contributed by atoms with van der Waals surface area (Å²) in [6, 6.07) is 7.84. The van der Waals surface area contributed by atoms with Gasteiger partial charge in [-0.05, 0) is 62.7 Å². The Labute approximate surface area is 133 Å². The van der Waals surface area contributed by atoms with Crippen molar-refractivity contribution >= 4 is 24.3 Å². The van der Waals surface area contributed by atoms with Crippen LogP contribution in [0, 0.1) is 5.92 Å². The number of halogens is 1. The molecule has 0 N–H and O–H groups in total. The molecule has 1 aromatic rings. The van der Waals surface area contributed by atoms with Crippen LogP contribution in [0.25, 0.3) is 6.08 Å². The number of methoxy groups -OCH3 is 1. The maximum absolute atomic E-state index is 12.5. The Bertz CT molecular complexity index is 494. The van der Waals surface area contributed by atoms with Crippen LogP contribution in [-0.4, -0.2) is 38.4 Å². The van der Waals surface area contributed by atoms with Gasteiger partial charge in [-0.15, -0.1) is 12.4 Å². The first-order valence-corrected chi connectivity index (χ1v) is 7.13. The van der Waals surface area contributed by atoms with Crippen molar-refractivity contribution in [3.8, 4) is 5.75 Å². The molecule has 0 amide bonds. The summed E-state index contributed by atoms with van der Waals surface area (Å²) >= 11 is 0. The molecule has 1 aliphatic rings. The van der Waals surface area contributed by atoms with Crippen molar-refractivity contribution in [2.75, 3.05) is 27.7 Å². The van der Waals surface area contributed by atoms with Crippen molar-refractivity contribution in [1.29, 1.82) is 0 Å². The first kappa shape index (κ1) is 17.7. The van der Waals surface area contributed by atoms with Crippen LogP contribution in [-0.2, 0) is 4.79 Å². The number of carbonyl (C=O) groups excluding carboxylic acids is 1. The molecule has 0 aliphatic heterocycles. The molecule has 1 atom stereocenters. The van der Waals surface area contributed by atoms with Crippen LogP contribution in [0.3, 0.4) is 0 Å². The van der Waals surface area contributed by atoms with E-state index in [1.54, 1.807) is 7.11 Å². The number of hydrogen-bond acceptors (Lipinski definition) is 3. The van der Waals surface area contributed by atoms with Crippen molar-refractivity contribution in [1.82, 2.24) is 4.90 Å². The predicted octanol–water partition coefficient (Wildman–Crippen LogP) is 3.43. The molecule has 0 radical (unpaired) electrons. The van der Waals surface area contributed by atoms with Gasteiger partial charge in [0, 0.05) is 12.5 Å². The monoisotopic (exact) mass is 309 g/mol. The minimum Gasteiger partial charge on any atom is -0.497 e. The lowest BCUT2D eigenvalue weighted by Gasteiger charge is -2.25. The summed E-state index contributed by atoms with van der Waals surface area (Å²) in [4.78, 5) is 14.6. The zero-order valence-corrected chi connectivity index (χ0v) is 13.8. The Kier molecular flexibility index (Phi) is 6.93. The van der Waals surface area contributed by atoms with Crippen LogP contribution in [0.1, 0.15) is 24.8 Å². The highest BCUT2D eigenvalue weighted by atomic mass is 35.5. The average Bonchev–Trinajstić information content (AvgIpc) is 2.43. The van der Waals surface area contributed by atoms with Crippen LogP contribution < -0.4 is 4.74 Å². The smallest absolute Gasteiger partial charge is 0.163 e. The van der Waals surface area contributed by atoms with Crippen molar-refractivity contribution in [3.05, 3.63) is 35.4 Å². The van der Waals surface area contributed by atoms with E-state index in [1.807, 2.05) is 44.4 Å². The van der Waals surface area contributed by atoms with Crippen LogP contribution in [0.15, 0.2) is 29.8 Å². The number of hydrogen-bond donors (Lipinski definition) is 0. The lowest BCUT2D eigenvalue weighted by molar-refractivity contribution is -0.120. The van der Waals surface area contributed by atoms with E-state index in [9.17, 15) is 4.79 Å². The van der Waals surface area contributed by atoms with Gasteiger partial charge < -0.3 is 9.64 Å². The van der Waals surface area contributed by atoms with E-state index in [2.05, 4.69) is 4.90 Å². The number of carbonyl (C=O) groups is 1. The summed E-state index contributed by atoms with van der Waals surface area (Å²) in [6.45, 7) is 0.846. The molecule has 0 aromatic heterocycles. The van der Waals surface area contributed by atoms with Gasteiger partial charge in [-0.1, -0.05) is 12.1 Å². The van der Waals surface area contributed by atoms with Crippen LogP contribution in [0.2, 0.25) is 0 Å². The number of allylic oxidation sites excluding steroid dienone is 1. The van der Waals surface area contributed by atoms with Crippen molar-refractivity contribution in [2.45, 2.75) is 19.3 Å². The summed E-state index contributed by atoms with van der Waals surface area (Å²) in [6.07, 6.45) is 5.04. The van der Waals surface area contributed by atoms with Gasteiger partial charge in [-0.25, -0.2) is 0 Å². The summed E-state index contributed by atoms with van der Waals surface area (Å²) in [5, 5.41) is 0. The molecule has 0 spiro atoms. The molecule has 21 heavy (non-hydrogen) atoms. The molecule has 4 heteroatoms. The maximum atomic E-state index is 12.5. The molecule has 1 aliphatic carbocycles. The van der Waals surface area contributed by atoms with E-state index in [1.165, 1.54) is 0 Å². The molecular weight excluding hydrogens is 286 g/mol. The number of benzene rings is 1. The number of rotatable bonds is 4. The first-order valence-electron chi connectivity index (χ1n) is 7.13. The molecule has 0 heterocycles. The summed E-state index contributed by atoms with van der Waals surface area (Å²) in [5.74, 6) is 1.32. The molecule has 1 unspecified atom stereocenters. The molecule has 1 saturated carbocycles. The third-order valence-corrected chi connectivity index (χ3v) is 3.73. The van der Waals surface area contributed by atoms with Crippen molar-refractivity contribution in [2.24, 2.45) is 5.92 Å². The van der Waals surface area contributed by atoms with Gasteiger partial charge in [0.05, 0.1) is 7.11 Å². The Morgan fingerprint density at radius 3 is 2.52 bits per heavy atom. The van der Waals surface area contributed by atoms with E-state index >= 15 is 0 Å². The second-order valence-corrected chi connectivity index (χ2v) is 5.66. The van der Waals surface area contributed by atoms with Gasteiger partial charge in [0.25, 0.3) is 0 Å². The van der Waals surface area contributed by atoms with Crippen molar-refractivity contribution < 1.29 is 9.53 Å². The third-order valence-electron chi connectivity index (χ3n) is 3.73. The van der Waals surface area contributed by atoms with E-state index < -0.39 is 0 Å². The second kappa shape index (κ2) is 8.20. The molecule has 1 fully saturated rings. The van der Waals surface area contributed by atoms with Gasteiger partial charge in [0.15, 0.2) is 5.78 Å². The summed E-state index contributed by atoms with van der Waals surface area (Å²) in [5.41, 5.74) is 2.04. The molecular formula is C17H24ClNO2. The van der Waals surface area contributed by atoms with E-state index in [-0.39, 0.29) is 18.3 Å². The zero-order valence-electron chi connectivity index (χ0n) is 13.0. The maximum Gasteiger partial charge on any atom is 0.163 e. The fourth-order valence-corrected chi connectivity index (χ4v) is 2.71. The van der Waals surface area contributed by atoms with Crippen molar-refractivity contribution in [3.63, 3.8) is 0 Å². The molecule has 0 bridgehead atoms. The van der Waals surface area contributed by atoms with Gasteiger partial charge in [-0.3, -0.25) is 4.79 Å². The molecule has 3 nitrogen and oxygen atoms in total. The predicted molar refractivity (Wildman–Crippen MR) is 89.1 cm³/mol. The average molecular weight is 310 g/mol. The van der Waals surface area contributed by atoms with Gasteiger partial charge >= 0.3 is 0 Å². The lowest BCUT2D eigenvalue weighted by Crippen LogP contribution is -2.31. The number of ketones is 1. The Morgan fingerprint density at radius 2 is 1.95 bits per heavy atom. The molecule has 2 rings (SSSR count). The van der Waals surface area contributed by atoms with Crippen LogP contribution >= 0.6 is 12.4 Å². The fourth-order valence-electron chi connectivity index (χ4n) is 2.71. The first-order chi connectivity index (χ1) is 9.60. The third kappa shape index (κ3) is 4.87. The quantitative estimate of drug-likeness (QED) is 0.798. The Hall–Kier alpha value is -1.32. The highest BCUT2D eigenvalue weighted by Crippen LogP contribution is 2.27. The van der Waals surface area contributed by atoms with Gasteiger partial charge in [0.2, 0.25) is 0 Å². The van der Waals surface area contributed by atoms with E-state index in [0.717, 1.165) is 42.7 Å². The highest BCUT2D eigenvalue weighted by molar-refractivity contribution is 6.01. The van der Waals surface area contributed by atoms with Gasteiger partial charge in [-0.2, -0.15) is 0 Å². The van der Waals surface area contributed by atoms with E-state index in [0.29, 0.717) is 5.78 Å². The minimum atomic E-state index is 0. The van der Waals surface area contributed by atoms with Crippen LogP contribution in [0.4, 0.5) is 0 Å². The minimum absolute atomic E-state index is 0. The normalized spacial score (nSPS) is 20.5. The number of nitrogens with zero attached hydrogens (tertiary/aromatic N) is 1. The molecule has 0 saturated heterocycles. The highest BCUT2D eigenvalue weighted by Gasteiger charge is 2.26. The molecule has 116 valence electrons. The summed E-state index contributed by atoms with van der Waals surface area (Å²) in [7, 11) is 5.70. The lowest BCUT2D eigenvalue weighted by atomic mass is 9.83. The van der Waals surface area contributed by atoms with Gasteiger partial charge in [0.1, 0.15) is 5.75 Å². The topological polar surface area (TPSA) is 29.5 Å². The molecule has 1 aromatic carbocycles. The van der Waals surface area contributed by atoms with E-state index in [4.69, 9.17) is 4.74 Å². The second-order valence-electron chi connectivity index (χ2n) is 5.66. The number of Topliss-reactive ketones (excluding diaryl/α,β-unsaturated/α-hetero) is 1. The fraction of sp³-hybridized carbons (Fsp3) is 0.471. The summed E-state index contributed by atoms with van der Waals surface area (Å²) < 4.78 is 5.15.